The van der Waals surface area contributed by atoms with Gasteiger partial charge in [-0.25, -0.2) is 0 Å². The summed E-state index contributed by atoms with van der Waals surface area (Å²) >= 11 is 0. The topological polar surface area (TPSA) is 71.2 Å². The normalized spacial score (nSPS) is 23.2. The van der Waals surface area contributed by atoms with Gasteiger partial charge in [-0.05, 0) is 51.3 Å². The van der Waals surface area contributed by atoms with Gasteiger partial charge >= 0.3 is 0 Å². The van der Waals surface area contributed by atoms with Crippen LogP contribution >= 0.6 is 0 Å². The quantitative estimate of drug-likeness (QED) is 0.751. The molecule has 2 aliphatic heterocycles. The molecule has 4 rings (SSSR count). The lowest BCUT2D eigenvalue weighted by Gasteiger charge is -2.41. The Labute approximate surface area is 173 Å². The summed E-state index contributed by atoms with van der Waals surface area (Å²) in [4.78, 5) is 21.2. The van der Waals surface area contributed by atoms with Crippen molar-refractivity contribution in [3.05, 3.63) is 29.5 Å². The maximum Gasteiger partial charge on any atom is 0.224 e. The second kappa shape index (κ2) is 8.19. The highest BCUT2D eigenvalue weighted by atomic mass is 16.5. The van der Waals surface area contributed by atoms with Crippen molar-refractivity contribution in [2.45, 2.75) is 64.6 Å². The van der Waals surface area contributed by atoms with Crippen LogP contribution in [0, 0.1) is 0 Å². The number of anilines is 1. The molecule has 1 aromatic carbocycles. The number of benzene rings is 1. The second-order valence-electron chi connectivity index (χ2n) is 8.44. The molecular formula is C23H32N4O2. The molecule has 0 spiro atoms. The molecule has 1 amide bonds. The number of fused-ring (bicyclic) bond motifs is 1. The van der Waals surface area contributed by atoms with Crippen LogP contribution in [0.25, 0.3) is 5.57 Å². The van der Waals surface area contributed by atoms with Crippen molar-refractivity contribution in [2.24, 2.45) is 10.7 Å². The van der Waals surface area contributed by atoms with Crippen LogP contribution in [0.4, 0.5) is 5.69 Å². The zero-order chi connectivity index (χ0) is 20.5. The monoisotopic (exact) mass is 396 g/mol. The Morgan fingerprint density at radius 2 is 2.07 bits per heavy atom. The largest absolute Gasteiger partial charge is 0.487 e. The molecule has 1 saturated carbocycles. The van der Waals surface area contributed by atoms with Crippen molar-refractivity contribution in [3.63, 3.8) is 0 Å². The van der Waals surface area contributed by atoms with Crippen LogP contribution in [0.1, 0.15) is 51.2 Å². The minimum Gasteiger partial charge on any atom is -0.487 e. The maximum atomic E-state index is 12.3. The van der Waals surface area contributed by atoms with Gasteiger partial charge in [0.15, 0.2) is 0 Å². The van der Waals surface area contributed by atoms with Crippen molar-refractivity contribution >= 4 is 23.4 Å². The van der Waals surface area contributed by atoms with Gasteiger partial charge in [0.2, 0.25) is 5.91 Å². The molecule has 156 valence electrons. The van der Waals surface area contributed by atoms with Crippen LogP contribution in [0.2, 0.25) is 0 Å². The van der Waals surface area contributed by atoms with E-state index in [1.54, 1.807) is 13.1 Å². The van der Waals surface area contributed by atoms with Crippen molar-refractivity contribution in [2.75, 3.05) is 24.5 Å². The van der Waals surface area contributed by atoms with Crippen LogP contribution in [0.15, 0.2) is 23.3 Å². The molecule has 29 heavy (non-hydrogen) atoms. The zero-order valence-electron chi connectivity index (χ0n) is 17.7. The molecule has 3 aliphatic rings. The molecule has 0 radical (unpaired) electrons. The van der Waals surface area contributed by atoms with Gasteiger partial charge in [0.05, 0.1) is 11.7 Å². The molecule has 6 heteroatoms. The van der Waals surface area contributed by atoms with E-state index >= 15 is 0 Å². The molecule has 1 aromatic rings. The molecule has 0 unspecified atom stereocenters. The third-order valence-electron chi connectivity index (χ3n) is 6.20. The van der Waals surface area contributed by atoms with Gasteiger partial charge in [-0.1, -0.05) is 6.92 Å². The lowest BCUT2D eigenvalue weighted by Crippen LogP contribution is -2.53. The lowest BCUT2D eigenvalue weighted by molar-refractivity contribution is -0.117. The molecule has 0 aromatic heterocycles. The van der Waals surface area contributed by atoms with Crippen LogP contribution in [0.5, 0.6) is 5.75 Å². The number of hydrogen-bond donors (Lipinski definition) is 1. The van der Waals surface area contributed by atoms with Crippen LogP contribution in [0.3, 0.4) is 0 Å². The molecule has 1 atom stereocenters. The minimum absolute atomic E-state index is 0.0721. The number of amides is 1. The maximum absolute atomic E-state index is 12.3. The Balaban J connectivity index is 1.73. The van der Waals surface area contributed by atoms with E-state index in [9.17, 15) is 4.79 Å². The van der Waals surface area contributed by atoms with Gasteiger partial charge in [-0.15, -0.1) is 0 Å². The summed E-state index contributed by atoms with van der Waals surface area (Å²) in [7, 11) is 0. The Bertz CT molecular complexity index is 838. The first-order valence-corrected chi connectivity index (χ1v) is 10.8. The SMILES string of the molecule is CCN1CC(Oc2c(C(C=NC3CC3)=CN)ccc3c2CC[C@H](C)N3C(C)=O)C1. The van der Waals surface area contributed by atoms with Crippen molar-refractivity contribution < 1.29 is 9.53 Å². The van der Waals surface area contributed by atoms with E-state index in [0.29, 0.717) is 6.04 Å². The number of carbonyl (C=O) groups is 1. The molecule has 0 bridgehead atoms. The van der Waals surface area contributed by atoms with Gasteiger partial charge < -0.3 is 15.4 Å². The Hall–Kier alpha value is -2.34. The van der Waals surface area contributed by atoms with E-state index in [1.807, 2.05) is 23.2 Å². The third-order valence-corrected chi connectivity index (χ3v) is 6.20. The molecule has 2 heterocycles. The fourth-order valence-corrected chi connectivity index (χ4v) is 4.28. The minimum atomic E-state index is 0.0721. The average molecular weight is 397 g/mol. The number of likely N-dealkylation sites (N-methyl/N-ethyl adjacent to an activating group) is 1. The van der Waals surface area contributed by atoms with Crippen molar-refractivity contribution in [1.82, 2.24) is 4.90 Å². The summed E-state index contributed by atoms with van der Waals surface area (Å²) in [6.45, 7) is 8.82. The highest BCUT2D eigenvalue weighted by molar-refractivity contribution is 6.11. The van der Waals surface area contributed by atoms with Crippen LogP contribution in [-0.4, -0.2) is 54.8 Å². The first-order chi connectivity index (χ1) is 14.0. The molecule has 2 N–H and O–H groups in total. The molecular weight excluding hydrogens is 364 g/mol. The summed E-state index contributed by atoms with van der Waals surface area (Å²) in [5, 5.41) is 0. The van der Waals surface area contributed by atoms with E-state index in [1.165, 1.54) is 0 Å². The smallest absolute Gasteiger partial charge is 0.224 e. The summed E-state index contributed by atoms with van der Waals surface area (Å²) in [5.41, 5.74) is 9.94. The Morgan fingerprint density at radius 1 is 1.31 bits per heavy atom. The fourth-order valence-electron chi connectivity index (χ4n) is 4.28. The molecule has 2 fully saturated rings. The summed E-state index contributed by atoms with van der Waals surface area (Å²) in [6.07, 6.45) is 7.81. The molecule has 6 nitrogen and oxygen atoms in total. The second-order valence-corrected chi connectivity index (χ2v) is 8.44. The van der Waals surface area contributed by atoms with E-state index in [2.05, 4.69) is 23.7 Å². The predicted octanol–water partition coefficient (Wildman–Crippen LogP) is 2.99. The number of hydrogen-bond acceptors (Lipinski definition) is 5. The van der Waals surface area contributed by atoms with Crippen LogP contribution < -0.4 is 15.4 Å². The average Bonchev–Trinajstić information content (AvgIpc) is 3.49. The van der Waals surface area contributed by atoms with Crippen molar-refractivity contribution in [3.8, 4) is 5.75 Å². The first kappa shape index (κ1) is 20.0. The summed E-state index contributed by atoms with van der Waals surface area (Å²) < 4.78 is 6.54. The van der Waals surface area contributed by atoms with Gasteiger partial charge in [0, 0.05) is 55.2 Å². The lowest BCUT2D eigenvalue weighted by atomic mass is 9.91. The number of nitrogens with two attached hydrogens (primary N) is 1. The predicted molar refractivity (Wildman–Crippen MR) is 118 cm³/mol. The highest BCUT2D eigenvalue weighted by Gasteiger charge is 2.33. The van der Waals surface area contributed by atoms with Crippen LogP contribution in [-0.2, 0) is 11.2 Å². The third kappa shape index (κ3) is 4.04. The number of rotatable bonds is 6. The van der Waals surface area contributed by atoms with E-state index in [-0.39, 0.29) is 18.1 Å². The molecule has 1 saturated heterocycles. The fraction of sp³-hybridized carbons (Fsp3) is 0.565. The van der Waals surface area contributed by atoms with Crippen molar-refractivity contribution in [1.29, 1.82) is 0 Å². The van der Waals surface area contributed by atoms with E-state index < -0.39 is 0 Å². The number of ether oxygens (including phenoxy) is 1. The number of nitrogens with zero attached hydrogens (tertiary/aromatic N) is 3. The summed E-state index contributed by atoms with van der Waals surface area (Å²) in [6, 6.07) is 4.71. The number of aliphatic imine (C=N–C) groups is 1. The van der Waals surface area contributed by atoms with E-state index in [4.69, 9.17) is 10.5 Å². The van der Waals surface area contributed by atoms with E-state index in [0.717, 1.165) is 73.5 Å². The first-order valence-electron chi connectivity index (χ1n) is 10.8. The number of likely N-dealkylation sites (tertiary alicyclic amines) is 1. The van der Waals surface area contributed by atoms with Gasteiger partial charge in [0.1, 0.15) is 11.9 Å². The van der Waals surface area contributed by atoms with Gasteiger partial charge in [-0.3, -0.25) is 14.7 Å². The number of allylic oxidation sites excluding steroid dienone is 1. The standard InChI is InChI=1S/C23H32N4O2/c1-4-26-13-19(14-26)29-23-20(17(11-24)12-25-18-6-7-18)9-10-22-21(23)8-5-15(2)27(22)16(3)28/h9-12,15,18-19H,4-8,13-14,24H2,1-3H3/t15-/m0/s1. The Kier molecular flexibility index (Phi) is 5.63. The van der Waals surface area contributed by atoms with Gasteiger partial charge in [-0.2, -0.15) is 0 Å². The Morgan fingerprint density at radius 3 is 2.69 bits per heavy atom. The number of carbonyl (C=O) groups excluding carboxylic acids is 1. The molecule has 1 aliphatic carbocycles. The zero-order valence-corrected chi connectivity index (χ0v) is 17.7. The summed E-state index contributed by atoms with van der Waals surface area (Å²) in [5.74, 6) is 0.947. The highest BCUT2D eigenvalue weighted by Crippen LogP contribution is 2.42. The van der Waals surface area contributed by atoms with Gasteiger partial charge in [0.25, 0.3) is 0 Å².